The second-order valence-corrected chi connectivity index (χ2v) is 4.36. The molecule has 5 nitrogen and oxygen atoms in total. The van der Waals surface area contributed by atoms with E-state index in [1.165, 1.54) is 45.1 Å². The number of hydrazine groups is 1. The largest absolute Gasteiger partial charge is 0.379 e. The number of hydrogen-bond acceptors (Lipinski definition) is 5. The zero-order valence-electron chi connectivity index (χ0n) is 11.1. The Morgan fingerprint density at radius 2 is 1.35 bits per heavy atom. The highest BCUT2D eigenvalue weighted by atomic mass is 16.5. The van der Waals surface area contributed by atoms with Gasteiger partial charge in [-0.2, -0.15) is 0 Å². The van der Waals surface area contributed by atoms with E-state index < -0.39 is 0 Å². The van der Waals surface area contributed by atoms with E-state index in [1.807, 2.05) is 0 Å². The fourth-order valence-corrected chi connectivity index (χ4v) is 2.01. The molecule has 1 fully saturated rings. The Bertz CT molecular complexity index is 140. The summed E-state index contributed by atoms with van der Waals surface area (Å²) < 4.78 is 5.32. The van der Waals surface area contributed by atoms with E-state index in [9.17, 15) is 0 Å². The van der Waals surface area contributed by atoms with Gasteiger partial charge in [-0.1, -0.05) is 25.7 Å². The van der Waals surface area contributed by atoms with E-state index in [4.69, 9.17) is 10.5 Å². The van der Waals surface area contributed by atoms with Gasteiger partial charge in [0.05, 0.1) is 13.2 Å². The van der Waals surface area contributed by atoms with Gasteiger partial charge in [-0.15, -0.1) is 0 Å². The average molecular weight is 246 g/mol. The lowest BCUT2D eigenvalue weighted by Crippen LogP contribution is -2.36. The Labute approximate surface area is 106 Å². The van der Waals surface area contributed by atoms with Crippen molar-refractivity contribution in [2.24, 2.45) is 17.4 Å². The standard InChI is InChI=1S/C12H26N2O.H4N2/c13-7-5-3-1-2-4-6-8-14-9-11-15-12-10-14;1-2/h1-13H2;1-2H2. The van der Waals surface area contributed by atoms with Crippen LogP contribution in [0.3, 0.4) is 0 Å². The SMILES string of the molecule is NCCCCCCCCN1CCOCC1.NN. The third-order valence-corrected chi connectivity index (χ3v) is 3.03. The van der Waals surface area contributed by atoms with Gasteiger partial charge in [-0.25, -0.2) is 0 Å². The van der Waals surface area contributed by atoms with E-state index in [1.54, 1.807) is 0 Å². The van der Waals surface area contributed by atoms with Crippen molar-refractivity contribution in [3.63, 3.8) is 0 Å². The monoisotopic (exact) mass is 246 g/mol. The van der Waals surface area contributed by atoms with Gasteiger partial charge in [0.2, 0.25) is 0 Å². The van der Waals surface area contributed by atoms with Crippen LogP contribution < -0.4 is 17.4 Å². The summed E-state index contributed by atoms with van der Waals surface area (Å²) in [7, 11) is 0. The molecule has 1 saturated heterocycles. The number of ether oxygens (including phenoxy) is 1. The van der Waals surface area contributed by atoms with E-state index in [0.717, 1.165) is 32.8 Å². The molecule has 1 aliphatic rings. The van der Waals surface area contributed by atoms with Crippen LogP contribution in [0.4, 0.5) is 0 Å². The van der Waals surface area contributed by atoms with Crippen molar-refractivity contribution < 1.29 is 4.74 Å². The van der Waals surface area contributed by atoms with Crippen LogP contribution in [0.2, 0.25) is 0 Å². The molecule has 0 saturated carbocycles. The summed E-state index contributed by atoms with van der Waals surface area (Å²) in [6.45, 7) is 6.24. The molecule has 17 heavy (non-hydrogen) atoms. The van der Waals surface area contributed by atoms with Gasteiger partial charge in [-0.05, 0) is 25.9 Å². The Balaban J connectivity index is 0.00000121. The van der Waals surface area contributed by atoms with Crippen LogP contribution in [0.25, 0.3) is 0 Å². The zero-order chi connectivity index (χ0) is 12.8. The molecule has 0 radical (unpaired) electrons. The average Bonchev–Trinajstić information content (AvgIpc) is 2.41. The van der Waals surface area contributed by atoms with Gasteiger partial charge in [-0.3, -0.25) is 16.6 Å². The van der Waals surface area contributed by atoms with Crippen LogP contribution in [0.5, 0.6) is 0 Å². The summed E-state index contributed by atoms with van der Waals surface area (Å²) in [5.74, 6) is 8.00. The van der Waals surface area contributed by atoms with Crippen molar-refractivity contribution in [2.45, 2.75) is 38.5 Å². The maximum atomic E-state index is 5.45. The van der Waals surface area contributed by atoms with Crippen molar-refractivity contribution in [1.82, 2.24) is 4.90 Å². The molecule has 0 amide bonds. The highest BCUT2D eigenvalue weighted by Gasteiger charge is 2.08. The van der Waals surface area contributed by atoms with Gasteiger partial charge in [0.15, 0.2) is 0 Å². The highest BCUT2D eigenvalue weighted by Crippen LogP contribution is 2.06. The van der Waals surface area contributed by atoms with Crippen molar-refractivity contribution in [3.05, 3.63) is 0 Å². The number of nitrogens with two attached hydrogens (primary N) is 3. The number of hydrogen-bond donors (Lipinski definition) is 3. The fraction of sp³-hybridized carbons (Fsp3) is 1.00. The van der Waals surface area contributed by atoms with Crippen molar-refractivity contribution in [3.8, 4) is 0 Å². The number of unbranched alkanes of at least 4 members (excludes halogenated alkanes) is 5. The van der Waals surface area contributed by atoms with Crippen LogP contribution >= 0.6 is 0 Å². The van der Waals surface area contributed by atoms with Crippen LogP contribution in [-0.2, 0) is 4.74 Å². The van der Waals surface area contributed by atoms with Crippen LogP contribution in [0.15, 0.2) is 0 Å². The summed E-state index contributed by atoms with van der Waals surface area (Å²) in [6, 6.07) is 0. The molecule has 1 rings (SSSR count). The predicted molar refractivity (Wildman–Crippen MR) is 72.4 cm³/mol. The van der Waals surface area contributed by atoms with E-state index in [-0.39, 0.29) is 0 Å². The van der Waals surface area contributed by atoms with Gasteiger partial charge >= 0.3 is 0 Å². The molecule has 0 aromatic rings. The van der Waals surface area contributed by atoms with E-state index >= 15 is 0 Å². The molecule has 1 aliphatic heterocycles. The molecule has 6 N–H and O–H groups in total. The normalized spacial score (nSPS) is 16.4. The minimum absolute atomic E-state index is 0.855. The van der Waals surface area contributed by atoms with Crippen molar-refractivity contribution >= 4 is 0 Å². The first-order valence-corrected chi connectivity index (χ1v) is 6.77. The molecular weight excluding hydrogens is 216 g/mol. The molecule has 0 bridgehead atoms. The fourth-order valence-electron chi connectivity index (χ4n) is 2.01. The second-order valence-electron chi connectivity index (χ2n) is 4.36. The van der Waals surface area contributed by atoms with E-state index in [2.05, 4.69) is 16.6 Å². The third kappa shape index (κ3) is 10.7. The summed E-state index contributed by atoms with van der Waals surface area (Å²) in [5.41, 5.74) is 5.45. The number of rotatable bonds is 8. The Kier molecular flexibility index (Phi) is 13.7. The Hall–Kier alpha value is -0.200. The second kappa shape index (κ2) is 13.9. The topological polar surface area (TPSA) is 90.5 Å². The molecule has 5 heteroatoms. The quantitative estimate of drug-likeness (QED) is 0.328. The maximum Gasteiger partial charge on any atom is 0.0594 e. The first-order chi connectivity index (χ1) is 8.43. The summed E-state index contributed by atoms with van der Waals surface area (Å²) in [5, 5.41) is 0. The molecule has 0 aromatic heterocycles. The molecule has 104 valence electrons. The molecule has 1 heterocycles. The molecule has 0 unspecified atom stereocenters. The van der Waals surface area contributed by atoms with Crippen LogP contribution in [0, 0.1) is 0 Å². The van der Waals surface area contributed by atoms with Gasteiger partial charge < -0.3 is 10.5 Å². The minimum Gasteiger partial charge on any atom is -0.379 e. The molecule has 0 aliphatic carbocycles. The summed E-state index contributed by atoms with van der Waals surface area (Å²) >= 11 is 0. The van der Waals surface area contributed by atoms with Gasteiger partial charge in [0.1, 0.15) is 0 Å². The first-order valence-electron chi connectivity index (χ1n) is 6.77. The lowest BCUT2D eigenvalue weighted by molar-refractivity contribution is 0.0371. The summed E-state index contributed by atoms with van der Waals surface area (Å²) in [6.07, 6.45) is 7.98. The number of morpholine rings is 1. The Morgan fingerprint density at radius 3 is 1.94 bits per heavy atom. The van der Waals surface area contributed by atoms with Gasteiger partial charge in [0.25, 0.3) is 0 Å². The molecule has 0 atom stereocenters. The smallest absolute Gasteiger partial charge is 0.0594 e. The third-order valence-electron chi connectivity index (χ3n) is 3.03. The minimum atomic E-state index is 0.855. The lowest BCUT2D eigenvalue weighted by atomic mass is 10.1. The van der Waals surface area contributed by atoms with Crippen LogP contribution in [0.1, 0.15) is 38.5 Å². The molecule has 0 aromatic carbocycles. The van der Waals surface area contributed by atoms with Crippen LogP contribution in [-0.4, -0.2) is 44.3 Å². The predicted octanol–water partition coefficient (Wildman–Crippen LogP) is 0.437. The zero-order valence-corrected chi connectivity index (χ0v) is 11.1. The number of nitrogens with zero attached hydrogens (tertiary/aromatic N) is 1. The van der Waals surface area contributed by atoms with E-state index in [0.29, 0.717) is 0 Å². The first kappa shape index (κ1) is 16.8. The molecule has 0 spiro atoms. The van der Waals surface area contributed by atoms with Gasteiger partial charge in [0, 0.05) is 13.1 Å². The van der Waals surface area contributed by atoms with Crippen molar-refractivity contribution in [2.75, 3.05) is 39.4 Å². The molecular formula is C12H30N4O. The highest BCUT2D eigenvalue weighted by molar-refractivity contribution is 4.61. The maximum absolute atomic E-state index is 5.45. The van der Waals surface area contributed by atoms with Crippen molar-refractivity contribution in [1.29, 1.82) is 0 Å². The Morgan fingerprint density at radius 1 is 0.824 bits per heavy atom. The lowest BCUT2D eigenvalue weighted by Gasteiger charge is -2.26. The summed E-state index contributed by atoms with van der Waals surface area (Å²) in [4.78, 5) is 2.52.